The Morgan fingerprint density at radius 1 is 0.906 bits per heavy atom. The van der Waals surface area contributed by atoms with E-state index < -0.39 is 0 Å². The highest BCUT2D eigenvalue weighted by atomic mass is 79.9. The molecule has 3 aromatic rings. The first-order valence-electron chi connectivity index (χ1n) is 10.7. The number of unbranched alkanes of at least 4 members (excludes halogenated alkanes) is 1. The van der Waals surface area contributed by atoms with E-state index >= 15 is 0 Å². The summed E-state index contributed by atoms with van der Waals surface area (Å²) in [6, 6.07) is 22.3. The Morgan fingerprint density at radius 3 is 2.38 bits per heavy atom. The maximum Gasteiger partial charge on any atom is 0.255 e. The molecular weight excluding hydrogens is 468 g/mol. The van der Waals surface area contributed by atoms with Crippen LogP contribution in [0.4, 0.5) is 11.4 Å². The van der Waals surface area contributed by atoms with E-state index in [9.17, 15) is 9.59 Å². The van der Waals surface area contributed by atoms with Gasteiger partial charge < -0.3 is 15.4 Å². The van der Waals surface area contributed by atoms with Gasteiger partial charge in [-0.25, -0.2) is 0 Å². The molecule has 0 bridgehead atoms. The zero-order valence-corrected chi connectivity index (χ0v) is 19.7. The van der Waals surface area contributed by atoms with Crippen molar-refractivity contribution in [3.8, 4) is 5.75 Å². The molecule has 166 valence electrons. The highest BCUT2D eigenvalue weighted by Crippen LogP contribution is 2.27. The second-order valence-corrected chi connectivity index (χ2v) is 8.27. The first kappa shape index (κ1) is 23.5. The molecule has 5 nitrogen and oxygen atoms in total. The minimum absolute atomic E-state index is 0.0695. The summed E-state index contributed by atoms with van der Waals surface area (Å²) < 4.78 is 6.45. The molecule has 0 heterocycles. The zero-order valence-electron chi connectivity index (χ0n) is 18.1. The number of hydrogen-bond acceptors (Lipinski definition) is 3. The minimum Gasteiger partial charge on any atom is -0.492 e. The molecule has 0 radical (unpaired) electrons. The van der Waals surface area contributed by atoms with Crippen LogP contribution in [0.2, 0.25) is 0 Å². The number of carbonyl (C=O) groups is 2. The summed E-state index contributed by atoms with van der Waals surface area (Å²) in [5, 5.41) is 5.77. The number of amides is 2. The third kappa shape index (κ3) is 7.24. The van der Waals surface area contributed by atoms with Gasteiger partial charge in [-0.3, -0.25) is 9.59 Å². The van der Waals surface area contributed by atoms with Crippen LogP contribution >= 0.6 is 15.9 Å². The Bertz CT molecular complexity index is 1050. The number of nitrogens with one attached hydrogen (secondary N) is 2. The molecule has 3 rings (SSSR count). The monoisotopic (exact) mass is 494 g/mol. The van der Waals surface area contributed by atoms with Crippen molar-refractivity contribution in [3.05, 3.63) is 88.4 Å². The third-order valence-corrected chi connectivity index (χ3v) is 5.46. The molecule has 2 amide bonds. The fraction of sp³-hybridized carbons (Fsp3) is 0.231. The van der Waals surface area contributed by atoms with Gasteiger partial charge in [0.05, 0.1) is 11.1 Å². The number of carbonyl (C=O) groups excluding carboxylic acids is 2. The van der Waals surface area contributed by atoms with E-state index in [2.05, 4.69) is 33.5 Å². The summed E-state index contributed by atoms with van der Waals surface area (Å²) in [6.45, 7) is 2.75. The molecular formula is C26H27BrN2O3. The van der Waals surface area contributed by atoms with Crippen LogP contribution < -0.4 is 15.4 Å². The molecule has 0 atom stereocenters. The second-order valence-electron chi connectivity index (χ2n) is 7.42. The minimum atomic E-state index is -0.238. The highest BCUT2D eigenvalue weighted by Gasteiger charge is 2.11. The highest BCUT2D eigenvalue weighted by molar-refractivity contribution is 9.10. The van der Waals surface area contributed by atoms with Gasteiger partial charge in [0.2, 0.25) is 5.91 Å². The standard InChI is InChI=1S/C26H27BrN2O3/c1-2-3-16-32-24-14-13-20(17-23(24)27)26(31)29-22-11-7-10-21(18-22)28-25(30)15-12-19-8-5-4-6-9-19/h4-11,13-14,17-18H,2-3,12,15-16H2,1H3,(H,28,30)(H,29,31). The van der Waals surface area contributed by atoms with Crippen molar-refractivity contribution in [2.24, 2.45) is 0 Å². The van der Waals surface area contributed by atoms with Crippen molar-refractivity contribution < 1.29 is 14.3 Å². The number of hydrogen-bond donors (Lipinski definition) is 2. The van der Waals surface area contributed by atoms with Crippen molar-refractivity contribution in [1.82, 2.24) is 0 Å². The Balaban J connectivity index is 1.56. The lowest BCUT2D eigenvalue weighted by molar-refractivity contribution is -0.116. The van der Waals surface area contributed by atoms with Crippen LogP contribution in [0.5, 0.6) is 5.75 Å². The normalized spacial score (nSPS) is 10.4. The van der Waals surface area contributed by atoms with E-state index in [1.807, 2.05) is 30.3 Å². The first-order valence-corrected chi connectivity index (χ1v) is 11.5. The number of rotatable bonds is 10. The van der Waals surface area contributed by atoms with Crippen LogP contribution in [0, 0.1) is 0 Å². The molecule has 2 N–H and O–H groups in total. The molecule has 0 aliphatic heterocycles. The Hall–Kier alpha value is -3.12. The van der Waals surface area contributed by atoms with Gasteiger partial charge >= 0.3 is 0 Å². The van der Waals surface area contributed by atoms with Gasteiger partial charge in [0.1, 0.15) is 5.75 Å². The van der Waals surface area contributed by atoms with E-state index in [0.29, 0.717) is 36.4 Å². The average molecular weight is 495 g/mol. The lowest BCUT2D eigenvalue weighted by Gasteiger charge is -2.11. The fourth-order valence-corrected chi connectivity index (χ4v) is 3.58. The van der Waals surface area contributed by atoms with E-state index in [0.717, 1.165) is 28.6 Å². The van der Waals surface area contributed by atoms with Gasteiger partial charge in [-0.1, -0.05) is 49.7 Å². The number of ether oxygens (including phenoxy) is 1. The largest absolute Gasteiger partial charge is 0.492 e. The van der Waals surface area contributed by atoms with Gasteiger partial charge in [0.15, 0.2) is 0 Å². The SMILES string of the molecule is CCCCOc1ccc(C(=O)Nc2cccc(NC(=O)CCc3ccccc3)c2)cc1Br. The van der Waals surface area contributed by atoms with E-state index in [1.54, 1.807) is 42.5 Å². The predicted octanol–water partition coefficient (Wildman–Crippen LogP) is 6.45. The summed E-state index contributed by atoms with van der Waals surface area (Å²) >= 11 is 3.47. The molecule has 0 aliphatic carbocycles. The maximum absolute atomic E-state index is 12.7. The fourth-order valence-electron chi connectivity index (χ4n) is 3.09. The smallest absolute Gasteiger partial charge is 0.255 e. The Labute approximate surface area is 197 Å². The third-order valence-electron chi connectivity index (χ3n) is 4.84. The molecule has 0 aliphatic rings. The van der Waals surface area contributed by atoms with Crippen LogP contribution in [-0.4, -0.2) is 18.4 Å². The molecule has 6 heteroatoms. The molecule has 0 spiro atoms. The van der Waals surface area contributed by atoms with E-state index in [4.69, 9.17) is 4.74 Å². The maximum atomic E-state index is 12.7. The Morgan fingerprint density at radius 2 is 1.66 bits per heavy atom. The van der Waals surface area contributed by atoms with Crippen molar-refractivity contribution in [2.75, 3.05) is 17.2 Å². The van der Waals surface area contributed by atoms with Gasteiger partial charge in [0, 0.05) is 23.4 Å². The lowest BCUT2D eigenvalue weighted by Crippen LogP contribution is -2.14. The summed E-state index contributed by atoms with van der Waals surface area (Å²) in [5.41, 5.74) is 2.88. The van der Waals surface area contributed by atoms with Crippen molar-refractivity contribution in [1.29, 1.82) is 0 Å². The molecule has 3 aromatic carbocycles. The van der Waals surface area contributed by atoms with Gasteiger partial charge in [0.25, 0.3) is 5.91 Å². The quantitative estimate of drug-likeness (QED) is 0.318. The number of halogens is 1. The molecule has 0 saturated carbocycles. The van der Waals surface area contributed by atoms with Gasteiger partial charge in [-0.2, -0.15) is 0 Å². The van der Waals surface area contributed by atoms with Crippen LogP contribution in [0.3, 0.4) is 0 Å². The molecule has 0 unspecified atom stereocenters. The van der Waals surface area contributed by atoms with Crippen LogP contribution in [0.25, 0.3) is 0 Å². The first-order chi connectivity index (χ1) is 15.5. The zero-order chi connectivity index (χ0) is 22.8. The second kappa shape index (κ2) is 12.1. The summed E-state index contributed by atoms with van der Waals surface area (Å²) in [6.07, 6.45) is 3.11. The van der Waals surface area contributed by atoms with Crippen molar-refractivity contribution >= 4 is 39.1 Å². The van der Waals surface area contributed by atoms with Crippen LogP contribution in [-0.2, 0) is 11.2 Å². The number of benzene rings is 3. The molecule has 0 fully saturated rings. The topological polar surface area (TPSA) is 67.4 Å². The lowest BCUT2D eigenvalue weighted by atomic mass is 10.1. The van der Waals surface area contributed by atoms with Crippen LogP contribution in [0.1, 0.15) is 42.1 Å². The van der Waals surface area contributed by atoms with Crippen molar-refractivity contribution in [3.63, 3.8) is 0 Å². The molecule has 0 saturated heterocycles. The van der Waals surface area contributed by atoms with E-state index in [-0.39, 0.29) is 11.8 Å². The molecule has 32 heavy (non-hydrogen) atoms. The summed E-state index contributed by atoms with van der Waals surface area (Å²) in [7, 11) is 0. The van der Waals surface area contributed by atoms with Crippen molar-refractivity contribution in [2.45, 2.75) is 32.6 Å². The predicted molar refractivity (Wildman–Crippen MR) is 132 cm³/mol. The van der Waals surface area contributed by atoms with E-state index in [1.165, 1.54) is 0 Å². The summed E-state index contributed by atoms with van der Waals surface area (Å²) in [5.74, 6) is 0.411. The average Bonchev–Trinajstić information content (AvgIpc) is 2.80. The van der Waals surface area contributed by atoms with Crippen LogP contribution in [0.15, 0.2) is 77.3 Å². The number of anilines is 2. The molecule has 0 aromatic heterocycles. The number of aryl methyl sites for hydroxylation is 1. The summed E-state index contributed by atoms with van der Waals surface area (Å²) in [4.78, 5) is 25.0. The Kier molecular flexibility index (Phi) is 8.87. The van der Waals surface area contributed by atoms with Gasteiger partial charge in [-0.05, 0) is 70.7 Å². The van der Waals surface area contributed by atoms with Gasteiger partial charge in [-0.15, -0.1) is 0 Å².